The topological polar surface area (TPSA) is 100 Å². The molecule has 1 N–H and O–H groups in total. The molecule has 0 spiro atoms. The molecular formula is C19H26N2O4. The first kappa shape index (κ1) is 20.6. The molecule has 0 fully saturated rings. The molecule has 1 atom stereocenters. The first-order chi connectivity index (χ1) is 12.1. The van der Waals surface area contributed by atoms with E-state index in [2.05, 4.69) is 11.1 Å². The Morgan fingerprint density at radius 2 is 2.00 bits per heavy atom. The lowest BCUT2D eigenvalue weighted by molar-refractivity contribution is -0.159. The number of esters is 1. The second-order valence-electron chi connectivity index (χ2n) is 5.99. The molecule has 0 aliphatic heterocycles. The summed E-state index contributed by atoms with van der Waals surface area (Å²) in [5, 5.41) is 17.6. The summed E-state index contributed by atoms with van der Waals surface area (Å²) in [5.74, 6) is -2.86. The molecule has 0 saturated carbocycles. The molecule has 1 rings (SSSR count). The van der Waals surface area contributed by atoms with Crippen molar-refractivity contribution in [3.05, 3.63) is 30.1 Å². The van der Waals surface area contributed by atoms with E-state index in [9.17, 15) is 14.7 Å². The van der Waals surface area contributed by atoms with Crippen LogP contribution < -0.4 is 0 Å². The molecule has 0 aliphatic carbocycles. The Bertz CT molecular complexity index is 554. The number of aliphatic carboxylic acids is 1. The van der Waals surface area contributed by atoms with Gasteiger partial charge in [-0.2, -0.15) is 5.26 Å². The van der Waals surface area contributed by atoms with Crippen LogP contribution in [-0.2, 0) is 20.7 Å². The van der Waals surface area contributed by atoms with Crippen molar-refractivity contribution in [3.63, 3.8) is 0 Å². The number of carboxylic acids is 1. The van der Waals surface area contributed by atoms with Gasteiger partial charge in [0.25, 0.3) is 0 Å². The summed E-state index contributed by atoms with van der Waals surface area (Å²) in [6.07, 6.45) is 9.95. The van der Waals surface area contributed by atoms with Gasteiger partial charge in [0.05, 0.1) is 12.7 Å². The predicted octanol–water partition coefficient (Wildman–Crippen LogP) is 3.51. The number of rotatable bonds is 13. The second kappa shape index (κ2) is 12.9. The monoisotopic (exact) mass is 346 g/mol. The van der Waals surface area contributed by atoms with Crippen LogP contribution >= 0.6 is 0 Å². The average Bonchev–Trinajstić information content (AvgIpc) is 2.61. The van der Waals surface area contributed by atoms with Gasteiger partial charge in [0, 0.05) is 18.8 Å². The van der Waals surface area contributed by atoms with Crippen molar-refractivity contribution in [1.82, 2.24) is 4.98 Å². The maximum absolute atomic E-state index is 11.9. The normalized spacial score (nSPS) is 11.5. The number of nitriles is 1. The van der Waals surface area contributed by atoms with Gasteiger partial charge in [0.2, 0.25) is 0 Å². The molecule has 1 aromatic rings. The molecule has 0 radical (unpaired) electrons. The van der Waals surface area contributed by atoms with Gasteiger partial charge in [-0.15, -0.1) is 0 Å². The molecule has 0 aromatic carbocycles. The third-order valence-electron chi connectivity index (χ3n) is 3.94. The molecule has 6 nitrogen and oxygen atoms in total. The quantitative estimate of drug-likeness (QED) is 0.333. The Morgan fingerprint density at radius 3 is 2.68 bits per heavy atom. The zero-order chi connectivity index (χ0) is 18.3. The summed E-state index contributed by atoms with van der Waals surface area (Å²) in [5.41, 5.74) is 1.16. The highest BCUT2D eigenvalue weighted by Crippen LogP contribution is 2.14. The number of unbranched alkanes of at least 4 members (excludes halogenated alkanes) is 5. The first-order valence-corrected chi connectivity index (χ1v) is 8.80. The minimum absolute atomic E-state index is 0.217. The van der Waals surface area contributed by atoms with Crippen LogP contribution in [0.1, 0.15) is 56.9 Å². The van der Waals surface area contributed by atoms with Crippen molar-refractivity contribution in [1.29, 1.82) is 5.26 Å². The Morgan fingerprint density at radius 1 is 1.20 bits per heavy atom. The van der Waals surface area contributed by atoms with Crippen molar-refractivity contribution in [2.75, 3.05) is 6.61 Å². The molecule has 0 aliphatic rings. The van der Waals surface area contributed by atoms with Gasteiger partial charge in [-0.3, -0.25) is 14.6 Å². The number of carbonyl (C=O) groups excluding carboxylic acids is 1. The average molecular weight is 346 g/mol. The third-order valence-corrected chi connectivity index (χ3v) is 3.94. The lowest BCUT2D eigenvalue weighted by Crippen LogP contribution is -2.26. The highest BCUT2D eigenvalue weighted by molar-refractivity contribution is 5.93. The van der Waals surface area contributed by atoms with Gasteiger partial charge >= 0.3 is 11.9 Å². The molecule has 1 unspecified atom stereocenters. The number of hydrogen-bond acceptors (Lipinski definition) is 5. The van der Waals surface area contributed by atoms with Crippen molar-refractivity contribution in [2.24, 2.45) is 5.92 Å². The summed E-state index contributed by atoms with van der Waals surface area (Å²) in [7, 11) is 0. The van der Waals surface area contributed by atoms with Crippen LogP contribution in [-0.4, -0.2) is 28.6 Å². The van der Waals surface area contributed by atoms with E-state index >= 15 is 0 Å². The summed E-state index contributed by atoms with van der Waals surface area (Å²) in [6, 6.07) is 5.97. The van der Waals surface area contributed by atoms with E-state index in [1.54, 1.807) is 6.20 Å². The number of aryl methyl sites for hydroxylation is 1. The molecule has 0 saturated heterocycles. The largest absolute Gasteiger partial charge is 0.481 e. The maximum atomic E-state index is 11.9. The van der Waals surface area contributed by atoms with Gasteiger partial charge in [-0.25, -0.2) is 0 Å². The van der Waals surface area contributed by atoms with Crippen LogP contribution in [0.25, 0.3) is 0 Å². The molecule has 0 amide bonds. The fourth-order valence-electron chi connectivity index (χ4n) is 2.50. The van der Waals surface area contributed by atoms with Crippen LogP contribution in [0.4, 0.5) is 0 Å². The van der Waals surface area contributed by atoms with E-state index < -0.39 is 17.9 Å². The summed E-state index contributed by atoms with van der Waals surface area (Å²) < 4.78 is 5.06. The highest BCUT2D eigenvalue weighted by atomic mass is 16.5. The Hall–Kier alpha value is -2.42. The number of carboxylic acid groups (broad SMARTS) is 1. The van der Waals surface area contributed by atoms with Crippen LogP contribution in [0.5, 0.6) is 0 Å². The Kier molecular flexibility index (Phi) is 10.7. The number of ether oxygens (including phenoxy) is 1. The van der Waals surface area contributed by atoms with Crippen LogP contribution in [0.2, 0.25) is 0 Å². The number of aromatic nitrogens is 1. The van der Waals surface area contributed by atoms with Crippen molar-refractivity contribution in [2.45, 2.75) is 57.8 Å². The molecule has 1 aromatic heterocycles. The standard InChI is InChI=1S/C19H26N2O4/c20-12-6-1-2-7-14-25-19(24)17(18(22)23)11-5-3-4-9-16-10-8-13-21-15-16/h8,10,13,15,17H,1-7,9,11,14H2,(H,22,23). The molecule has 25 heavy (non-hydrogen) atoms. The summed E-state index contributed by atoms with van der Waals surface area (Å²) >= 11 is 0. The number of hydrogen-bond donors (Lipinski definition) is 1. The molecule has 136 valence electrons. The minimum Gasteiger partial charge on any atom is -0.481 e. The molecular weight excluding hydrogens is 320 g/mol. The van der Waals surface area contributed by atoms with E-state index in [1.165, 1.54) is 0 Å². The van der Waals surface area contributed by atoms with Gasteiger partial charge < -0.3 is 9.84 Å². The SMILES string of the molecule is N#CCCCCCOC(=O)C(CCCCCc1cccnc1)C(=O)O. The van der Waals surface area contributed by atoms with Gasteiger partial charge in [-0.1, -0.05) is 18.9 Å². The van der Waals surface area contributed by atoms with Crippen molar-refractivity contribution < 1.29 is 19.4 Å². The smallest absolute Gasteiger partial charge is 0.320 e. The summed E-state index contributed by atoms with van der Waals surface area (Å²) in [6.45, 7) is 0.217. The van der Waals surface area contributed by atoms with E-state index in [0.717, 1.165) is 37.7 Å². The lowest BCUT2D eigenvalue weighted by atomic mass is 10.00. The molecule has 0 bridgehead atoms. The van der Waals surface area contributed by atoms with Crippen molar-refractivity contribution >= 4 is 11.9 Å². The maximum Gasteiger partial charge on any atom is 0.320 e. The van der Waals surface area contributed by atoms with Crippen LogP contribution in [0.15, 0.2) is 24.5 Å². The van der Waals surface area contributed by atoms with Gasteiger partial charge in [-0.05, 0) is 50.2 Å². The number of carbonyl (C=O) groups is 2. The Balaban J connectivity index is 2.19. The fraction of sp³-hybridized carbons (Fsp3) is 0.579. The highest BCUT2D eigenvalue weighted by Gasteiger charge is 2.27. The summed E-state index contributed by atoms with van der Waals surface area (Å²) in [4.78, 5) is 27.2. The zero-order valence-corrected chi connectivity index (χ0v) is 14.5. The van der Waals surface area contributed by atoms with E-state index in [-0.39, 0.29) is 6.61 Å². The Labute approximate surface area is 148 Å². The zero-order valence-electron chi connectivity index (χ0n) is 14.5. The van der Waals surface area contributed by atoms with Gasteiger partial charge in [0.15, 0.2) is 5.92 Å². The minimum atomic E-state index is -1.12. The first-order valence-electron chi connectivity index (χ1n) is 8.80. The van der Waals surface area contributed by atoms with Crippen LogP contribution in [0, 0.1) is 17.2 Å². The second-order valence-corrected chi connectivity index (χ2v) is 5.99. The third kappa shape index (κ3) is 9.46. The van der Waals surface area contributed by atoms with E-state index in [4.69, 9.17) is 10.00 Å². The van der Waals surface area contributed by atoms with Gasteiger partial charge in [0.1, 0.15) is 0 Å². The fourth-order valence-corrected chi connectivity index (χ4v) is 2.50. The molecule has 6 heteroatoms. The van der Waals surface area contributed by atoms with E-state index in [0.29, 0.717) is 25.7 Å². The molecule has 1 heterocycles. The van der Waals surface area contributed by atoms with Crippen molar-refractivity contribution in [3.8, 4) is 6.07 Å². The number of nitrogens with zero attached hydrogens (tertiary/aromatic N) is 2. The van der Waals surface area contributed by atoms with Crippen LogP contribution in [0.3, 0.4) is 0 Å². The number of pyridine rings is 1. The predicted molar refractivity (Wildman–Crippen MR) is 92.6 cm³/mol. The van der Waals surface area contributed by atoms with E-state index in [1.807, 2.05) is 18.3 Å². The lowest BCUT2D eigenvalue weighted by Gasteiger charge is -2.12.